The molecule has 3 aromatic rings. The van der Waals surface area contributed by atoms with Gasteiger partial charge < -0.3 is 23.7 Å². The normalized spacial score (nSPS) is 18.3. The molecule has 0 N–H and O–H groups in total. The highest BCUT2D eigenvalue weighted by atomic mass is 19.1. The van der Waals surface area contributed by atoms with Crippen LogP contribution in [0.15, 0.2) is 54.6 Å². The van der Waals surface area contributed by atoms with Crippen molar-refractivity contribution in [2.75, 3.05) is 6.61 Å². The summed E-state index contributed by atoms with van der Waals surface area (Å²) in [6.45, 7) is 13.0. The van der Waals surface area contributed by atoms with Crippen LogP contribution in [-0.2, 0) is 30.3 Å². The number of hydrogen-bond donors (Lipinski definition) is 0. The molecule has 1 saturated heterocycles. The minimum Gasteiger partial charge on any atom is -0.475 e. The molecule has 2 aromatic carbocycles. The second-order valence-corrected chi connectivity index (χ2v) is 12.4. The van der Waals surface area contributed by atoms with Crippen LogP contribution in [0.25, 0.3) is 5.69 Å². The molecule has 1 aliphatic heterocycles. The zero-order chi connectivity index (χ0) is 31.4. The maximum atomic E-state index is 13.8. The van der Waals surface area contributed by atoms with Crippen molar-refractivity contribution in [2.24, 2.45) is 0 Å². The van der Waals surface area contributed by atoms with Gasteiger partial charge in [-0.25, -0.2) is 9.18 Å². The number of carbonyl (C=O) groups excluding carboxylic acids is 2. The predicted octanol–water partition coefficient (Wildman–Crippen LogP) is 6.51. The molecule has 0 aliphatic carbocycles. The first-order chi connectivity index (χ1) is 20.2. The van der Waals surface area contributed by atoms with Gasteiger partial charge in [-0.05, 0) is 70.4 Å². The number of nitrogens with zero attached hydrogens (tertiary/aromatic N) is 2. The van der Waals surface area contributed by atoms with Gasteiger partial charge in [0.1, 0.15) is 24.6 Å². The third-order valence-electron chi connectivity index (χ3n) is 6.58. The minimum atomic E-state index is -0.969. The molecule has 0 radical (unpaired) electrons. The molecule has 10 heteroatoms. The second kappa shape index (κ2) is 13.3. The fourth-order valence-electron chi connectivity index (χ4n) is 4.96. The van der Waals surface area contributed by atoms with E-state index in [1.165, 1.54) is 16.8 Å². The second-order valence-electron chi connectivity index (χ2n) is 12.4. The molecule has 43 heavy (non-hydrogen) atoms. The molecule has 4 rings (SSSR count). The zero-order valence-electron chi connectivity index (χ0n) is 25.9. The van der Waals surface area contributed by atoms with Crippen LogP contribution in [0.3, 0.4) is 0 Å². The summed E-state index contributed by atoms with van der Waals surface area (Å²) in [4.78, 5) is 25.9. The van der Waals surface area contributed by atoms with Crippen molar-refractivity contribution < 1.29 is 37.7 Å². The van der Waals surface area contributed by atoms with E-state index in [9.17, 15) is 14.0 Å². The van der Waals surface area contributed by atoms with E-state index < -0.39 is 35.4 Å². The number of ether oxygens (including phenoxy) is 5. The number of hydrogen-bond acceptors (Lipinski definition) is 8. The zero-order valence-corrected chi connectivity index (χ0v) is 25.9. The van der Waals surface area contributed by atoms with Crippen molar-refractivity contribution in [3.8, 4) is 11.6 Å². The van der Waals surface area contributed by atoms with Crippen molar-refractivity contribution in [3.05, 3.63) is 77.2 Å². The summed E-state index contributed by atoms with van der Waals surface area (Å²) in [7, 11) is 0. The molecular weight excluding hydrogens is 555 g/mol. The molecule has 0 spiro atoms. The van der Waals surface area contributed by atoms with Crippen molar-refractivity contribution in [1.82, 2.24) is 9.78 Å². The van der Waals surface area contributed by atoms with E-state index in [2.05, 4.69) is 5.10 Å². The van der Waals surface area contributed by atoms with E-state index in [-0.39, 0.29) is 37.2 Å². The highest BCUT2D eigenvalue weighted by Gasteiger charge is 2.38. The van der Waals surface area contributed by atoms with Gasteiger partial charge in [-0.3, -0.25) is 4.79 Å². The fraction of sp³-hybridized carbons (Fsp3) is 0.485. The number of aromatic nitrogens is 2. The highest BCUT2D eigenvalue weighted by Crippen LogP contribution is 2.35. The van der Waals surface area contributed by atoms with Crippen LogP contribution < -0.4 is 4.74 Å². The molecule has 1 aromatic heterocycles. The monoisotopic (exact) mass is 596 g/mol. The third-order valence-corrected chi connectivity index (χ3v) is 6.58. The summed E-state index contributed by atoms with van der Waals surface area (Å²) in [6, 6.07) is 15.1. The first-order valence-electron chi connectivity index (χ1n) is 14.5. The Morgan fingerprint density at radius 1 is 1.05 bits per heavy atom. The summed E-state index contributed by atoms with van der Waals surface area (Å²) in [6.07, 6.45) is -0.428. The lowest BCUT2D eigenvalue weighted by atomic mass is 10.0. The van der Waals surface area contributed by atoms with E-state index in [1.807, 2.05) is 65.0 Å². The quantitative estimate of drug-likeness (QED) is 0.244. The lowest BCUT2D eigenvalue weighted by molar-refractivity contribution is -0.303. The topological polar surface area (TPSA) is 98.1 Å². The van der Waals surface area contributed by atoms with Gasteiger partial charge in [-0.15, -0.1) is 0 Å². The molecule has 1 fully saturated rings. The van der Waals surface area contributed by atoms with Crippen LogP contribution in [0.4, 0.5) is 4.39 Å². The van der Waals surface area contributed by atoms with Crippen molar-refractivity contribution in [2.45, 2.75) is 97.4 Å². The van der Waals surface area contributed by atoms with Gasteiger partial charge in [-0.2, -0.15) is 9.78 Å². The van der Waals surface area contributed by atoms with Crippen LogP contribution in [0.5, 0.6) is 5.88 Å². The van der Waals surface area contributed by atoms with Crippen molar-refractivity contribution in [3.63, 3.8) is 0 Å². The van der Waals surface area contributed by atoms with E-state index in [0.717, 1.165) is 5.56 Å². The maximum absolute atomic E-state index is 13.8. The Balaban J connectivity index is 1.59. The highest BCUT2D eigenvalue weighted by molar-refractivity contribution is 5.90. The van der Waals surface area contributed by atoms with Gasteiger partial charge in [-0.1, -0.05) is 44.2 Å². The van der Waals surface area contributed by atoms with Crippen LogP contribution in [0.2, 0.25) is 0 Å². The van der Waals surface area contributed by atoms with Gasteiger partial charge in [0.15, 0.2) is 11.5 Å². The maximum Gasteiger partial charge on any atom is 0.359 e. The van der Waals surface area contributed by atoms with Crippen LogP contribution in [-0.4, -0.2) is 51.9 Å². The van der Waals surface area contributed by atoms with Crippen LogP contribution in [0, 0.1) is 5.82 Å². The van der Waals surface area contributed by atoms with Crippen molar-refractivity contribution >= 4 is 11.9 Å². The number of benzene rings is 2. The van der Waals surface area contributed by atoms with Gasteiger partial charge in [0.25, 0.3) is 0 Å². The van der Waals surface area contributed by atoms with Crippen molar-refractivity contribution in [1.29, 1.82) is 0 Å². The fourth-order valence-corrected chi connectivity index (χ4v) is 4.96. The first kappa shape index (κ1) is 32.2. The first-order valence-corrected chi connectivity index (χ1v) is 14.5. The summed E-state index contributed by atoms with van der Waals surface area (Å²) in [5.74, 6) is -2.17. The molecule has 0 unspecified atom stereocenters. The van der Waals surface area contributed by atoms with E-state index in [4.69, 9.17) is 23.7 Å². The number of halogens is 1. The minimum absolute atomic E-state index is 0.0721. The van der Waals surface area contributed by atoms with Crippen LogP contribution in [0.1, 0.15) is 88.8 Å². The predicted molar refractivity (Wildman–Crippen MR) is 158 cm³/mol. The largest absolute Gasteiger partial charge is 0.475 e. The standard InChI is InChI=1S/C33H41FN2O7/c1-21(2)28-29(31(38)40-19-22-11-9-8-10-12-22)35-36(24-15-13-23(34)14-16-24)30(28)39-20-26-17-25(41-33(6,7)42-26)18-27(37)43-32(3,4)5/h8-16,21,25-26H,17-20H2,1-7H3/t25-,26+/m1/s1. The molecule has 2 atom stereocenters. The smallest absolute Gasteiger partial charge is 0.359 e. The average molecular weight is 597 g/mol. The summed E-state index contributed by atoms with van der Waals surface area (Å²) in [5, 5.41) is 4.59. The number of carbonyl (C=O) groups is 2. The van der Waals surface area contributed by atoms with Gasteiger partial charge >= 0.3 is 11.9 Å². The molecular formula is C33H41FN2O7. The molecule has 0 bridgehead atoms. The van der Waals surface area contributed by atoms with Gasteiger partial charge in [0.05, 0.1) is 29.9 Å². The lowest BCUT2D eigenvalue weighted by Gasteiger charge is -2.40. The third kappa shape index (κ3) is 8.87. The van der Waals surface area contributed by atoms with Gasteiger partial charge in [0.2, 0.25) is 5.88 Å². The Kier molecular flexibility index (Phi) is 9.92. The summed E-state index contributed by atoms with van der Waals surface area (Å²) >= 11 is 0. The van der Waals surface area contributed by atoms with E-state index in [0.29, 0.717) is 23.6 Å². The molecule has 9 nitrogen and oxygen atoms in total. The Labute approximate surface area is 252 Å². The molecule has 0 saturated carbocycles. The molecule has 2 heterocycles. The van der Waals surface area contributed by atoms with Gasteiger partial charge in [0, 0.05) is 6.42 Å². The molecule has 232 valence electrons. The number of esters is 2. The van der Waals surface area contributed by atoms with E-state index >= 15 is 0 Å². The van der Waals surface area contributed by atoms with Crippen LogP contribution >= 0.6 is 0 Å². The lowest BCUT2D eigenvalue weighted by Crippen LogP contribution is -2.47. The Morgan fingerprint density at radius 3 is 2.33 bits per heavy atom. The Hall–Kier alpha value is -3.76. The van der Waals surface area contributed by atoms with E-state index in [1.54, 1.807) is 26.0 Å². The SMILES string of the molecule is CC(C)c1c(C(=O)OCc2ccccc2)nn(-c2ccc(F)cc2)c1OC[C@@H]1C[C@H](CC(=O)OC(C)(C)C)OC(C)(C)O1. The Morgan fingerprint density at radius 2 is 1.70 bits per heavy atom. The molecule has 1 aliphatic rings. The summed E-state index contributed by atoms with van der Waals surface area (Å²) in [5.41, 5.74) is 1.42. The number of rotatable bonds is 10. The average Bonchev–Trinajstić information content (AvgIpc) is 3.29. The molecule has 0 amide bonds. The summed E-state index contributed by atoms with van der Waals surface area (Å²) < 4.78 is 44.9. The Bertz CT molecular complexity index is 1400.